The second kappa shape index (κ2) is 5.23. The van der Waals surface area contributed by atoms with Crippen LogP contribution in [0.5, 0.6) is 0 Å². The summed E-state index contributed by atoms with van der Waals surface area (Å²) < 4.78 is 25.6. The first-order valence-electron chi connectivity index (χ1n) is 7.25. The van der Waals surface area contributed by atoms with Gasteiger partial charge >= 0.3 is 0 Å². The van der Waals surface area contributed by atoms with Gasteiger partial charge in [-0.2, -0.15) is 5.10 Å². The number of hydrogen-bond donors (Lipinski definition) is 0. The minimum atomic E-state index is -2.89. The first kappa shape index (κ1) is 13.1. The van der Waals surface area contributed by atoms with E-state index in [0.717, 1.165) is 31.5 Å². The highest BCUT2D eigenvalue weighted by Gasteiger charge is 2.31. The maximum absolute atomic E-state index is 11.8. The fourth-order valence-corrected chi connectivity index (χ4v) is 5.09. The molecule has 1 aliphatic carbocycles. The molecule has 1 aliphatic heterocycles. The van der Waals surface area contributed by atoms with E-state index in [-0.39, 0.29) is 11.7 Å². The van der Waals surface area contributed by atoms with Crippen LogP contribution in [0.15, 0.2) is 6.33 Å². The molecule has 0 amide bonds. The molecule has 19 heavy (non-hydrogen) atoms. The summed E-state index contributed by atoms with van der Waals surface area (Å²) in [6.45, 7) is 0. The Labute approximate surface area is 114 Å². The first-order chi connectivity index (χ1) is 9.16. The highest BCUT2D eigenvalue weighted by atomic mass is 32.2. The van der Waals surface area contributed by atoms with Gasteiger partial charge in [-0.05, 0) is 25.7 Å². The molecule has 1 aromatic rings. The molecule has 2 aliphatic rings. The van der Waals surface area contributed by atoms with E-state index < -0.39 is 9.84 Å². The lowest BCUT2D eigenvalue weighted by Gasteiger charge is -2.27. The lowest BCUT2D eigenvalue weighted by Crippen LogP contribution is -2.27. The Bertz CT molecular complexity index is 532. The molecule has 1 aromatic heterocycles. The van der Waals surface area contributed by atoms with E-state index in [2.05, 4.69) is 10.1 Å². The van der Waals surface area contributed by atoms with Gasteiger partial charge in [0, 0.05) is 5.92 Å². The molecule has 3 rings (SSSR count). The quantitative estimate of drug-likeness (QED) is 0.833. The van der Waals surface area contributed by atoms with Gasteiger partial charge in [0.1, 0.15) is 12.2 Å². The molecule has 0 radical (unpaired) electrons. The first-order valence-corrected chi connectivity index (χ1v) is 9.08. The zero-order valence-corrected chi connectivity index (χ0v) is 12.0. The second-order valence-corrected chi connectivity index (χ2v) is 8.04. The van der Waals surface area contributed by atoms with Gasteiger partial charge in [-0.15, -0.1) is 0 Å². The molecule has 0 bridgehead atoms. The fourth-order valence-electron chi connectivity index (χ4n) is 3.38. The maximum Gasteiger partial charge on any atom is 0.151 e. The maximum atomic E-state index is 11.8. The zero-order chi connectivity index (χ0) is 13.3. The van der Waals surface area contributed by atoms with Crippen LogP contribution in [0.2, 0.25) is 0 Å². The lowest BCUT2D eigenvalue weighted by atomic mass is 9.95. The van der Waals surface area contributed by atoms with Crippen molar-refractivity contribution in [1.29, 1.82) is 0 Å². The third kappa shape index (κ3) is 2.83. The second-order valence-electron chi connectivity index (χ2n) is 5.81. The van der Waals surface area contributed by atoms with Crippen LogP contribution >= 0.6 is 0 Å². The van der Waals surface area contributed by atoms with Crippen LogP contribution in [0, 0.1) is 0 Å². The zero-order valence-electron chi connectivity index (χ0n) is 11.2. The van der Waals surface area contributed by atoms with Gasteiger partial charge in [-0.3, -0.25) is 0 Å². The van der Waals surface area contributed by atoms with Crippen molar-refractivity contribution in [2.45, 2.75) is 56.9 Å². The van der Waals surface area contributed by atoms with Crippen LogP contribution in [0.25, 0.3) is 0 Å². The van der Waals surface area contributed by atoms with Crippen molar-refractivity contribution in [1.82, 2.24) is 14.8 Å². The number of aromatic nitrogens is 3. The van der Waals surface area contributed by atoms with Crippen molar-refractivity contribution in [3.8, 4) is 0 Å². The summed E-state index contributed by atoms with van der Waals surface area (Å²) in [5, 5.41) is 4.37. The van der Waals surface area contributed by atoms with Crippen molar-refractivity contribution in [2.24, 2.45) is 0 Å². The normalized spacial score (nSPS) is 28.3. The van der Waals surface area contributed by atoms with Crippen molar-refractivity contribution in [3.63, 3.8) is 0 Å². The van der Waals surface area contributed by atoms with Gasteiger partial charge in [-0.25, -0.2) is 18.1 Å². The summed E-state index contributed by atoms with van der Waals surface area (Å²) in [4.78, 5) is 4.37. The molecular formula is C13H21N3O2S. The molecule has 5 nitrogen and oxygen atoms in total. The Hall–Kier alpha value is -0.910. The topological polar surface area (TPSA) is 64.8 Å². The largest absolute Gasteiger partial charge is 0.247 e. The lowest BCUT2D eigenvalue weighted by molar-refractivity contribution is 0.314. The molecule has 106 valence electrons. The summed E-state index contributed by atoms with van der Waals surface area (Å²) in [6.07, 6.45) is 9.35. The number of hydrogen-bond acceptors (Lipinski definition) is 4. The number of rotatable bonds is 2. The predicted octanol–water partition coefficient (Wildman–Crippen LogP) is 2.08. The van der Waals surface area contributed by atoms with Crippen molar-refractivity contribution in [3.05, 3.63) is 12.2 Å². The molecule has 0 spiro atoms. The van der Waals surface area contributed by atoms with E-state index in [0.29, 0.717) is 11.8 Å². The number of sulfone groups is 1. The molecule has 0 unspecified atom stereocenters. The molecule has 2 fully saturated rings. The van der Waals surface area contributed by atoms with Gasteiger partial charge < -0.3 is 0 Å². The van der Waals surface area contributed by atoms with E-state index in [4.69, 9.17) is 0 Å². The Morgan fingerprint density at radius 2 is 1.89 bits per heavy atom. The molecule has 6 heteroatoms. The average molecular weight is 283 g/mol. The summed E-state index contributed by atoms with van der Waals surface area (Å²) in [5.41, 5.74) is 0. The minimum Gasteiger partial charge on any atom is -0.247 e. The van der Waals surface area contributed by atoms with Crippen LogP contribution in [0.3, 0.4) is 0 Å². The monoisotopic (exact) mass is 283 g/mol. The highest BCUT2D eigenvalue weighted by molar-refractivity contribution is 7.91. The molecule has 1 saturated carbocycles. The van der Waals surface area contributed by atoms with E-state index in [1.165, 1.54) is 19.3 Å². The van der Waals surface area contributed by atoms with Crippen molar-refractivity contribution < 1.29 is 8.42 Å². The summed E-state index contributed by atoms with van der Waals surface area (Å²) >= 11 is 0. The van der Waals surface area contributed by atoms with Gasteiger partial charge in [0.05, 0.1) is 17.5 Å². The Morgan fingerprint density at radius 3 is 2.63 bits per heavy atom. The standard InChI is InChI=1S/C13H21N3O2S/c17-19(18)8-4-5-11(9-19)13-14-10-15-16(13)12-6-2-1-3-7-12/h10-12H,1-9H2/t11-/m1/s1. The highest BCUT2D eigenvalue weighted by Crippen LogP contribution is 2.32. The van der Waals surface area contributed by atoms with Crippen LogP contribution in [-0.2, 0) is 9.84 Å². The molecule has 0 N–H and O–H groups in total. The third-order valence-electron chi connectivity index (χ3n) is 4.35. The Morgan fingerprint density at radius 1 is 1.11 bits per heavy atom. The van der Waals surface area contributed by atoms with E-state index in [1.807, 2.05) is 4.68 Å². The van der Waals surface area contributed by atoms with Gasteiger partial charge in [0.15, 0.2) is 9.84 Å². The van der Waals surface area contributed by atoms with Crippen molar-refractivity contribution >= 4 is 9.84 Å². The predicted molar refractivity (Wildman–Crippen MR) is 72.8 cm³/mol. The molecule has 0 aromatic carbocycles. The molecule has 2 heterocycles. The molecular weight excluding hydrogens is 262 g/mol. The van der Waals surface area contributed by atoms with Gasteiger partial charge in [-0.1, -0.05) is 19.3 Å². The summed E-state index contributed by atoms with van der Waals surface area (Å²) in [5.74, 6) is 1.53. The Kier molecular flexibility index (Phi) is 3.60. The van der Waals surface area contributed by atoms with Crippen molar-refractivity contribution in [2.75, 3.05) is 11.5 Å². The smallest absolute Gasteiger partial charge is 0.151 e. The minimum absolute atomic E-state index is 0.0446. The van der Waals surface area contributed by atoms with Crippen LogP contribution in [0.1, 0.15) is 62.7 Å². The van der Waals surface area contributed by atoms with Crippen LogP contribution < -0.4 is 0 Å². The molecule has 1 atom stereocenters. The third-order valence-corrected chi connectivity index (χ3v) is 6.17. The number of nitrogens with zero attached hydrogens (tertiary/aromatic N) is 3. The van der Waals surface area contributed by atoms with E-state index >= 15 is 0 Å². The van der Waals surface area contributed by atoms with E-state index in [9.17, 15) is 8.42 Å². The fraction of sp³-hybridized carbons (Fsp3) is 0.846. The summed E-state index contributed by atoms with van der Waals surface area (Å²) in [6, 6.07) is 0.427. The van der Waals surface area contributed by atoms with Gasteiger partial charge in [0.2, 0.25) is 0 Å². The molecule has 1 saturated heterocycles. The van der Waals surface area contributed by atoms with Crippen LogP contribution in [0.4, 0.5) is 0 Å². The van der Waals surface area contributed by atoms with E-state index in [1.54, 1.807) is 6.33 Å². The van der Waals surface area contributed by atoms with Crippen LogP contribution in [-0.4, -0.2) is 34.7 Å². The SMILES string of the molecule is O=S1(=O)CCC[C@@H](c2ncnn2C2CCCCC2)C1. The Balaban J connectivity index is 1.83. The average Bonchev–Trinajstić information content (AvgIpc) is 2.88. The summed E-state index contributed by atoms with van der Waals surface area (Å²) in [7, 11) is -2.89. The van der Waals surface area contributed by atoms with Gasteiger partial charge in [0.25, 0.3) is 0 Å².